The summed E-state index contributed by atoms with van der Waals surface area (Å²) in [6, 6.07) is 4.23. The molecular formula is C13H14BrClN4OS. The molecule has 3 rings (SSSR count). The first kappa shape index (κ1) is 15.0. The van der Waals surface area contributed by atoms with Crippen molar-refractivity contribution in [3.05, 3.63) is 42.4 Å². The predicted octanol–water partition coefficient (Wildman–Crippen LogP) is 2.57. The molecule has 0 spiro atoms. The van der Waals surface area contributed by atoms with Crippen LogP contribution in [-0.2, 0) is 6.54 Å². The van der Waals surface area contributed by atoms with Gasteiger partial charge in [-0.15, -0.1) is 11.3 Å². The van der Waals surface area contributed by atoms with Crippen molar-refractivity contribution >= 4 is 44.6 Å². The van der Waals surface area contributed by atoms with Crippen molar-refractivity contribution in [2.24, 2.45) is 0 Å². The number of halogens is 2. The first-order valence-corrected chi connectivity index (χ1v) is 8.57. The van der Waals surface area contributed by atoms with Crippen LogP contribution in [0.3, 0.4) is 0 Å². The lowest BCUT2D eigenvalue weighted by Crippen LogP contribution is -2.46. The van der Waals surface area contributed by atoms with E-state index in [0.717, 1.165) is 42.2 Å². The molecule has 0 aromatic carbocycles. The second-order valence-corrected chi connectivity index (χ2v) is 7.79. The fourth-order valence-corrected chi connectivity index (χ4v) is 4.13. The molecule has 8 heteroatoms. The van der Waals surface area contributed by atoms with E-state index < -0.39 is 0 Å². The van der Waals surface area contributed by atoms with Gasteiger partial charge in [0.05, 0.1) is 15.7 Å². The van der Waals surface area contributed by atoms with E-state index >= 15 is 0 Å². The maximum atomic E-state index is 11.5. The molecule has 0 radical (unpaired) electrons. The molecule has 0 bridgehead atoms. The number of hydrogen-bond acceptors (Lipinski definition) is 5. The van der Waals surface area contributed by atoms with Crippen molar-refractivity contribution in [3.8, 4) is 0 Å². The normalized spacial score (nSPS) is 16.4. The number of anilines is 1. The van der Waals surface area contributed by atoms with Gasteiger partial charge in [0.2, 0.25) is 0 Å². The second-order valence-electron chi connectivity index (χ2n) is 4.87. The largest absolute Gasteiger partial charge is 0.366 e. The van der Waals surface area contributed by atoms with Crippen molar-refractivity contribution < 1.29 is 0 Å². The average molecular weight is 390 g/mol. The van der Waals surface area contributed by atoms with Gasteiger partial charge in [-0.2, -0.15) is 5.10 Å². The van der Waals surface area contributed by atoms with Gasteiger partial charge in [0, 0.05) is 37.6 Å². The van der Waals surface area contributed by atoms with Gasteiger partial charge in [0.1, 0.15) is 5.02 Å². The Bertz CT molecular complexity index is 681. The SMILES string of the molecule is O=c1[nH]ncc(N2CCN(Cc3ccc(Br)s3)CC2)c1Cl. The molecule has 1 saturated heterocycles. The topological polar surface area (TPSA) is 52.2 Å². The van der Waals surface area contributed by atoms with E-state index in [0.29, 0.717) is 0 Å². The van der Waals surface area contributed by atoms with E-state index in [1.165, 1.54) is 4.88 Å². The van der Waals surface area contributed by atoms with Crippen LogP contribution in [-0.4, -0.2) is 41.3 Å². The maximum absolute atomic E-state index is 11.5. The van der Waals surface area contributed by atoms with Crippen molar-refractivity contribution in [1.82, 2.24) is 15.1 Å². The van der Waals surface area contributed by atoms with Gasteiger partial charge in [-0.25, -0.2) is 5.10 Å². The summed E-state index contributed by atoms with van der Waals surface area (Å²) < 4.78 is 1.16. The zero-order valence-electron chi connectivity index (χ0n) is 11.2. The first-order valence-electron chi connectivity index (χ1n) is 6.58. The van der Waals surface area contributed by atoms with Crippen molar-refractivity contribution in [3.63, 3.8) is 0 Å². The fraction of sp³-hybridized carbons (Fsp3) is 0.385. The summed E-state index contributed by atoms with van der Waals surface area (Å²) in [6.07, 6.45) is 1.62. The second kappa shape index (κ2) is 6.48. The van der Waals surface area contributed by atoms with Crippen LogP contribution in [0.15, 0.2) is 26.9 Å². The van der Waals surface area contributed by atoms with Crippen molar-refractivity contribution in [1.29, 1.82) is 0 Å². The molecule has 112 valence electrons. The lowest BCUT2D eigenvalue weighted by Gasteiger charge is -2.35. The third-order valence-electron chi connectivity index (χ3n) is 3.50. The Morgan fingerprint density at radius 1 is 1.33 bits per heavy atom. The number of thiophene rings is 1. The molecule has 3 heterocycles. The number of aromatic nitrogens is 2. The lowest BCUT2D eigenvalue weighted by atomic mass is 10.2. The highest BCUT2D eigenvalue weighted by Gasteiger charge is 2.20. The predicted molar refractivity (Wildman–Crippen MR) is 89.4 cm³/mol. The van der Waals surface area contributed by atoms with E-state index in [4.69, 9.17) is 11.6 Å². The van der Waals surface area contributed by atoms with Gasteiger partial charge in [-0.05, 0) is 28.1 Å². The molecule has 1 fully saturated rings. The quantitative estimate of drug-likeness (QED) is 0.876. The number of nitrogens with one attached hydrogen (secondary N) is 1. The maximum Gasteiger partial charge on any atom is 0.285 e. The van der Waals surface area contributed by atoms with Crippen LogP contribution in [0.1, 0.15) is 4.88 Å². The number of piperazine rings is 1. The summed E-state index contributed by atoms with van der Waals surface area (Å²) in [5.74, 6) is 0. The minimum absolute atomic E-state index is 0.223. The first-order chi connectivity index (χ1) is 10.1. The molecule has 0 amide bonds. The molecule has 5 nitrogen and oxygen atoms in total. The third kappa shape index (κ3) is 3.48. The number of H-pyrrole nitrogens is 1. The summed E-state index contributed by atoms with van der Waals surface area (Å²) in [5.41, 5.74) is 0.388. The summed E-state index contributed by atoms with van der Waals surface area (Å²) >= 11 is 11.3. The van der Waals surface area contributed by atoms with Gasteiger partial charge >= 0.3 is 0 Å². The lowest BCUT2D eigenvalue weighted by molar-refractivity contribution is 0.252. The Morgan fingerprint density at radius 3 is 2.76 bits per heavy atom. The van der Waals surface area contributed by atoms with Crippen LogP contribution in [0.4, 0.5) is 5.69 Å². The van der Waals surface area contributed by atoms with E-state index in [-0.39, 0.29) is 10.6 Å². The van der Waals surface area contributed by atoms with Gasteiger partial charge in [0.15, 0.2) is 0 Å². The van der Waals surface area contributed by atoms with Gasteiger partial charge in [0.25, 0.3) is 5.56 Å². The highest BCUT2D eigenvalue weighted by atomic mass is 79.9. The van der Waals surface area contributed by atoms with Crippen LogP contribution in [0.25, 0.3) is 0 Å². The standard InChI is InChI=1S/C13H14BrClN4OS/c14-11-2-1-9(21-11)8-18-3-5-19(6-4-18)10-7-16-17-13(20)12(10)15/h1-2,7H,3-6,8H2,(H,17,20). The smallest absolute Gasteiger partial charge is 0.285 e. The van der Waals surface area contributed by atoms with Crippen LogP contribution < -0.4 is 10.5 Å². The molecule has 1 aliphatic rings. The summed E-state index contributed by atoms with van der Waals surface area (Å²) in [4.78, 5) is 17.4. The van der Waals surface area contributed by atoms with E-state index in [9.17, 15) is 4.79 Å². The zero-order chi connectivity index (χ0) is 14.8. The Labute approximate surface area is 139 Å². The molecule has 21 heavy (non-hydrogen) atoms. The zero-order valence-corrected chi connectivity index (χ0v) is 14.3. The van der Waals surface area contributed by atoms with E-state index in [1.807, 2.05) is 0 Å². The highest BCUT2D eigenvalue weighted by molar-refractivity contribution is 9.11. The van der Waals surface area contributed by atoms with E-state index in [1.54, 1.807) is 17.5 Å². The Morgan fingerprint density at radius 2 is 2.10 bits per heavy atom. The Balaban J connectivity index is 1.62. The number of rotatable bonds is 3. The molecule has 2 aromatic rings. The van der Waals surface area contributed by atoms with Gasteiger partial charge in [-0.1, -0.05) is 11.6 Å². The van der Waals surface area contributed by atoms with E-state index in [2.05, 4.69) is 48.1 Å². The molecule has 1 N–H and O–H groups in total. The van der Waals surface area contributed by atoms with Crippen LogP contribution in [0.2, 0.25) is 5.02 Å². The summed E-state index contributed by atoms with van der Waals surface area (Å²) in [5, 5.41) is 6.40. The Kier molecular flexibility index (Phi) is 4.63. The molecule has 0 aliphatic carbocycles. The third-order valence-corrected chi connectivity index (χ3v) is 5.47. The van der Waals surface area contributed by atoms with Crippen molar-refractivity contribution in [2.45, 2.75) is 6.54 Å². The average Bonchev–Trinajstić information content (AvgIpc) is 2.88. The van der Waals surface area contributed by atoms with Crippen molar-refractivity contribution in [2.75, 3.05) is 31.1 Å². The number of hydrogen-bond donors (Lipinski definition) is 1. The monoisotopic (exact) mass is 388 g/mol. The molecule has 0 atom stereocenters. The number of aromatic amines is 1. The highest BCUT2D eigenvalue weighted by Crippen LogP contribution is 2.25. The molecule has 2 aromatic heterocycles. The van der Waals surface area contributed by atoms with Crippen LogP contribution in [0.5, 0.6) is 0 Å². The van der Waals surface area contributed by atoms with Gasteiger partial charge < -0.3 is 4.90 Å². The van der Waals surface area contributed by atoms with Crippen LogP contribution in [0, 0.1) is 0 Å². The molecule has 0 saturated carbocycles. The van der Waals surface area contributed by atoms with Gasteiger partial charge in [-0.3, -0.25) is 9.69 Å². The summed E-state index contributed by atoms with van der Waals surface area (Å²) in [6.45, 7) is 4.54. The summed E-state index contributed by atoms with van der Waals surface area (Å²) in [7, 11) is 0. The minimum atomic E-state index is -0.333. The fourth-order valence-electron chi connectivity index (χ4n) is 2.40. The molecule has 0 unspecified atom stereocenters. The Hall–Kier alpha value is -0.890. The minimum Gasteiger partial charge on any atom is -0.366 e. The number of nitrogens with zero attached hydrogens (tertiary/aromatic N) is 3. The molecule has 1 aliphatic heterocycles. The molecular weight excluding hydrogens is 376 g/mol. The van der Waals surface area contributed by atoms with Crippen LogP contribution >= 0.6 is 38.9 Å².